The van der Waals surface area contributed by atoms with Crippen molar-refractivity contribution in [3.05, 3.63) is 35.6 Å². The number of hydrogen-bond acceptors (Lipinski definition) is 2. The molecule has 0 heterocycles. The van der Waals surface area contributed by atoms with E-state index >= 15 is 0 Å². The summed E-state index contributed by atoms with van der Waals surface area (Å²) in [6, 6.07) is 6.10. The third-order valence-electron chi connectivity index (χ3n) is 2.93. The average molecular weight is 267 g/mol. The summed E-state index contributed by atoms with van der Waals surface area (Å²) < 4.78 is 12.9. The highest BCUT2D eigenvalue weighted by atomic mass is 19.1. The summed E-state index contributed by atoms with van der Waals surface area (Å²) in [6.07, 6.45) is -0.557. The van der Waals surface area contributed by atoms with E-state index in [-0.39, 0.29) is 5.82 Å². The zero-order chi connectivity index (χ0) is 14.4. The molecule has 0 fully saturated rings. The van der Waals surface area contributed by atoms with Gasteiger partial charge in [0.2, 0.25) is 0 Å². The second-order valence-electron chi connectivity index (χ2n) is 6.07. The van der Waals surface area contributed by atoms with E-state index in [2.05, 4.69) is 32.6 Å². The van der Waals surface area contributed by atoms with Crippen LogP contribution in [-0.4, -0.2) is 29.6 Å². The molecule has 0 aliphatic heterocycles. The van der Waals surface area contributed by atoms with Crippen molar-refractivity contribution in [2.45, 2.75) is 33.8 Å². The van der Waals surface area contributed by atoms with E-state index in [1.165, 1.54) is 12.1 Å². The van der Waals surface area contributed by atoms with Crippen molar-refractivity contribution in [1.29, 1.82) is 0 Å². The minimum atomic E-state index is -0.557. The maximum atomic E-state index is 12.9. The number of halogens is 1. The molecular weight excluding hydrogens is 241 g/mol. The molecule has 0 saturated carbocycles. The molecule has 1 aromatic rings. The molecule has 1 aromatic carbocycles. The Morgan fingerprint density at radius 3 is 1.84 bits per heavy atom. The van der Waals surface area contributed by atoms with Crippen LogP contribution >= 0.6 is 0 Å². The van der Waals surface area contributed by atoms with Crippen molar-refractivity contribution in [1.82, 2.24) is 4.90 Å². The van der Waals surface area contributed by atoms with Gasteiger partial charge in [0.1, 0.15) is 5.82 Å². The van der Waals surface area contributed by atoms with Crippen molar-refractivity contribution in [2.24, 2.45) is 11.8 Å². The van der Waals surface area contributed by atoms with Gasteiger partial charge in [-0.3, -0.25) is 4.90 Å². The zero-order valence-corrected chi connectivity index (χ0v) is 12.4. The van der Waals surface area contributed by atoms with Gasteiger partial charge in [0.25, 0.3) is 0 Å². The fourth-order valence-electron chi connectivity index (χ4n) is 2.29. The first-order valence-electron chi connectivity index (χ1n) is 7.04. The summed E-state index contributed by atoms with van der Waals surface area (Å²) in [4.78, 5) is 2.28. The lowest BCUT2D eigenvalue weighted by Gasteiger charge is -2.28. The van der Waals surface area contributed by atoms with Crippen LogP contribution in [0.5, 0.6) is 0 Å². The van der Waals surface area contributed by atoms with Crippen molar-refractivity contribution >= 4 is 0 Å². The molecule has 0 bridgehead atoms. The van der Waals surface area contributed by atoms with Crippen LogP contribution < -0.4 is 0 Å². The first-order valence-corrected chi connectivity index (χ1v) is 7.04. The normalized spacial score (nSPS) is 13.5. The summed E-state index contributed by atoms with van der Waals surface area (Å²) in [6.45, 7) is 11.2. The number of aliphatic hydroxyl groups excluding tert-OH is 1. The molecular formula is C16H26FNO. The molecule has 0 aromatic heterocycles. The standard InChI is InChI=1S/C16H26FNO/c1-12(2)9-18(10-13(3)4)11-16(19)14-5-7-15(17)8-6-14/h5-8,12-13,16,19H,9-11H2,1-4H3. The van der Waals surface area contributed by atoms with E-state index in [0.29, 0.717) is 18.4 Å². The van der Waals surface area contributed by atoms with Crippen molar-refractivity contribution in [3.63, 3.8) is 0 Å². The number of hydrogen-bond donors (Lipinski definition) is 1. The van der Waals surface area contributed by atoms with E-state index in [1.807, 2.05) is 0 Å². The Balaban J connectivity index is 2.63. The minimum Gasteiger partial charge on any atom is -0.387 e. The van der Waals surface area contributed by atoms with Gasteiger partial charge >= 0.3 is 0 Å². The van der Waals surface area contributed by atoms with Crippen LogP contribution in [0.1, 0.15) is 39.4 Å². The van der Waals surface area contributed by atoms with Gasteiger partial charge in [0.05, 0.1) is 6.10 Å². The lowest BCUT2D eigenvalue weighted by molar-refractivity contribution is 0.0986. The molecule has 19 heavy (non-hydrogen) atoms. The Hall–Kier alpha value is -0.930. The second-order valence-corrected chi connectivity index (χ2v) is 6.07. The lowest BCUT2D eigenvalue weighted by Crippen LogP contribution is -2.35. The SMILES string of the molecule is CC(C)CN(CC(C)C)CC(O)c1ccc(F)cc1. The van der Waals surface area contributed by atoms with Crippen molar-refractivity contribution in [2.75, 3.05) is 19.6 Å². The van der Waals surface area contributed by atoms with Gasteiger partial charge in [-0.15, -0.1) is 0 Å². The second kappa shape index (κ2) is 7.61. The van der Waals surface area contributed by atoms with Gasteiger partial charge in [-0.25, -0.2) is 4.39 Å². The fourth-order valence-corrected chi connectivity index (χ4v) is 2.29. The molecule has 2 nitrogen and oxygen atoms in total. The molecule has 0 aliphatic carbocycles. The molecule has 0 spiro atoms. The Kier molecular flexibility index (Phi) is 6.46. The van der Waals surface area contributed by atoms with Crippen LogP contribution in [0, 0.1) is 17.7 Å². The molecule has 1 rings (SSSR count). The van der Waals surface area contributed by atoms with E-state index in [4.69, 9.17) is 0 Å². The first-order chi connectivity index (χ1) is 8.88. The Labute approximate surface area is 116 Å². The summed E-state index contributed by atoms with van der Waals surface area (Å²) in [5, 5.41) is 10.2. The molecule has 0 aliphatic rings. The third kappa shape index (κ3) is 6.17. The van der Waals surface area contributed by atoms with Crippen molar-refractivity contribution in [3.8, 4) is 0 Å². The number of rotatable bonds is 7. The quantitative estimate of drug-likeness (QED) is 0.817. The highest BCUT2D eigenvalue weighted by Gasteiger charge is 2.15. The highest BCUT2D eigenvalue weighted by molar-refractivity contribution is 5.18. The Bertz CT molecular complexity index is 352. The largest absolute Gasteiger partial charge is 0.387 e. The van der Waals surface area contributed by atoms with Gasteiger partial charge in [-0.2, -0.15) is 0 Å². The van der Waals surface area contributed by atoms with E-state index in [1.54, 1.807) is 12.1 Å². The molecule has 1 unspecified atom stereocenters. The Morgan fingerprint density at radius 1 is 0.947 bits per heavy atom. The number of aliphatic hydroxyl groups is 1. The van der Waals surface area contributed by atoms with Crippen LogP contribution in [0.4, 0.5) is 4.39 Å². The van der Waals surface area contributed by atoms with Gasteiger partial charge in [0, 0.05) is 19.6 Å². The zero-order valence-electron chi connectivity index (χ0n) is 12.4. The van der Waals surface area contributed by atoms with Gasteiger partial charge < -0.3 is 5.11 Å². The highest BCUT2D eigenvalue weighted by Crippen LogP contribution is 2.16. The molecule has 1 N–H and O–H groups in total. The van der Waals surface area contributed by atoms with Crippen molar-refractivity contribution < 1.29 is 9.50 Å². The van der Waals surface area contributed by atoms with E-state index < -0.39 is 6.10 Å². The van der Waals surface area contributed by atoms with Crippen LogP contribution in [0.15, 0.2) is 24.3 Å². The minimum absolute atomic E-state index is 0.267. The molecule has 3 heteroatoms. The predicted octanol–water partition coefficient (Wildman–Crippen LogP) is 3.47. The summed E-state index contributed by atoms with van der Waals surface area (Å²) in [5.74, 6) is 0.871. The molecule has 1 atom stereocenters. The predicted molar refractivity (Wildman–Crippen MR) is 77.5 cm³/mol. The maximum Gasteiger partial charge on any atom is 0.123 e. The Morgan fingerprint density at radius 2 is 1.42 bits per heavy atom. The number of benzene rings is 1. The molecule has 108 valence electrons. The lowest BCUT2D eigenvalue weighted by atomic mass is 10.1. The van der Waals surface area contributed by atoms with E-state index in [0.717, 1.165) is 18.7 Å². The molecule has 0 radical (unpaired) electrons. The van der Waals surface area contributed by atoms with Crippen LogP contribution in [-0.2, 0) is 0 Å². The van der Waals surface area contributed by atoms with E-state index in [9.17, 15) is 9.50 Å². The van der Waals surface area contributed by atoms with Crippen LogP contribution in [0.3, 0.4) is 0 Å². The smallest absolute Gasteiger partial charge is 0.123 e. The number of nitrogens with zero attached hydrogens (tertiary/aromatic N) is 1. The van der Waals surface area contributed by atoms with Gasteiger partial charge in [-0.05, 0) is 29.5 Å². The fraction of sp³-hybridized carbons (Fsp3) is 0.625. The molecule has 0 saturated heterocycles. The molecule has 0 amide bonds. The summed E-state index contributed by atoms with van der Waals surface area (Å²) in [5.41, 5.74) is 0.777. The third-order valence-corrected chi connectivity index (χ3v) is 2.93. The van der Waals surface area contributed by atoms with Crippen LogP contribution in [0.25, 0.3) is 0 Å². The monoisotopic (exact) mass is 267 g/mol. The van der Waals surface area contributed by atoms with Crippen LogP contribution in [0.2, 0.25) is 0 Å². The summed E-state index contributed by atoms with van der Waals surface area (Å²) in [7, 11) is 0. The first kappa shape index (κ1) is 16.1. The van der Waals surface area contributed by atoms with Gasteiger partial charge in [-0.1, -0.05) is 39.8 Å². The maximum absolute atomic E-state index is 12.9. The average Bonchev–Trinajstić information content (AvgIpc) is 2.27. The topological polar surface area (TPSA) is 23.5 Å². The summed E-state index contributed by atoms with van der Waals surface area (Å²) >= 11 is 0. The van der Waals surface area contributed by atoms with Gasteiger partial charge in [0.15, 0.2) is 0 Å².